The molecule has 0 radical (unpaired) electrons. The van der Waals surface area contributed by atoms with Gasteiger partial charge in [0.05, 0.1) is 10.9 Å². The van der Waals surface area contributed by atoms with Gasteiger partial charge in [-0.05, 0) is 24.0 Å². The molecule has 1 aromatic heterocycles. The van der Waals surface area contributed by atoms with E-state index in [1.807, 2.05) is 24.3 Å². The summed E-state index contributed by atoms with van der Waals surface area (Å²) in [6, 6.07) is 8.02. The van der Waals surface area contributed by atoms with Gasteiger partial charge in [0, 0.05) is 17.5 Å². The molecule has 18 heavy (non-hydrogen) atoms. The summed E-state index contributed by atoms with van der Waals surface area (Å²) in [7, 11) is 0. The molecule has 0 unspecified atom stereocenters. The fourth-order valence-corrected chi connectivity index (χ4v) is 3.45. The van der Waals surface area contributed by atoms with Crippen LogP contribution in [0.25, 0.3) is 0 Å². The number of aromatic nitrogens is 1. The van der Waals surface area contributed by atoms with Crippen molar-refractivity contribution in [3.05, 3.63) is 52.0 Å². The lowest BCUT2D eigenvalue weighted by molar-refractivity contribution is -0.148. The minimum Gasteiger partial charge on any atom is -0.481 e. The molecule has 0 bridgehead atoms. The average molecular weight is 259 g/mol. The largest absolute Gasteiger partial charge is 0.481 e. The van der Waals surface area contributed by atoms with Gasteiger partial charge in [-0.25, -0.2) is 0 Å². The van der Waals surface area contributed by atoms with E-state index >= 15 is 0 Å². The second-order valence-corrected chi connectivity index (χ2v) is 5.82. The average Bonchev–Trinajstić information content (AvgIpc) is 2.96. The highest BCUT2D eigenvalue weighted by molar-refractivity contribution is 7.09. The number of hydrogen-bond acceptors (Lipinski definition) is 3. The molecule has 0 fully saturated rings. The predicted molar refractivity (Wildman–Crippen MR) is 69.7 cm³/mol. The Hall–Kier alpha value is -1.68. The first-order valence-corrected chi connectivity index (χ1v) is 6.75. The van der Waals surface area contributed by atoms with E-state index in [1.54, 1.807) is 11.7 Å². The molecule has 4 heteroatoms. The van der Waals surface area contributed by atoms with E-state index in [1.165, 1.54) is 22.5 Å². The number of hydrogen-bond donors (Lipinski definition) is 1. The van der Waals surface area contributed by atoms with Crippen molar-refractivity contribution in [2.75, 3.05) is 0 Å². The van der Waals surface area contributed by atoms with Crippen molar-refractivity contribution in [1.82, 2.24) is 4.98 Å². The minimum absolute atomic E-state index is 0.571. The van der Waals surface area contributed by atoms with Crippen LogP contribution in [0.3, 0.4) is 0 Å². The van der Waals surface area contributed by atoms with E-state index in [0.717, 1.165) is 4.88 Å². The Balaban J connectivity index is 1.94. The Bertz CT molecular complexity index is 547. The summed E-state index contributed by atoms with van der Waals surface area (Å²) in [6.45, 7) is 0. The number of fused-ring (bicyclic) bond motifs is 1. The molecular formula is C14H13NO2S. The molecule has 1 aromatic carbocycles. The number of thiazole rings is 1. The number of aliphatic carboxylic acids is 1. The SMILES string of the molecule is O=C(O)C1(Cc2cncs2)Cc2ccccc2C1. The molecular weight excluding hydrogens is 246 g/mol. The third-order valence-electron chi connectivity index (χ3n) is 3.63. The van der Waals surface area contributed by atoms with Gasteiger partial charge in [0.25, 0.3) is 0 Å². The Labute approximate surface area is 109 Å². The highest BCUT2D eigenvalue weighted by Gasteiger charge is 2.44. The molecule has 3 nitrogen and oxygen atoms in total. The molecule has 1 heterocycles. The van der Waals surface area contributed by atoms with Crippen LogP contribution >= 0.6 is 11.3 Å². The molecule has 0 atom stereocenters. The van der Waals surface area contributed by atoms with E-state index in [-0.39, 0.29) is 0 Å². The Morgan fingerprint density at radius 2 is 2.00 bits per heavy atom. The second kappa shape index (κ2) is 4.21. The van der Waals surface area contributed by atoms with Crippen molar-refractivity contribution in [3.8, 4) is 0 Å². The van der Waals surface area contributed by atoms with Crippen molar-refractivity contribution in [2.45, 2.75) is 19.3 Å². The lowest BCUT2D eigenvalue weighted by atomic mass is 9.81. The summed E-state index contributed by atoms with van der Waals surface area (Å²) in [5, 5.41) is 9.62. The van der Waals surface area contributed by atoms with Crippen LogP contribution in [-0.4, -0.2) is 16.1 Å². The van der Waals surface area contributed by atoms with E-state index in [9.17, 15) is 9.90 Å². The van der Waals surface area contributed by atoms with Crippen molar-refractivity contribution < 1.29 is 9.90 Å². The predicted octanol–water partition coefficient (Wildman–Crippen LogP) is 2.56. The van der Waals surface area contributed by atoms with E-state index in [0.29, 0.717) is 19.3 Å². The topological polar surface area (TPSA) is 50.2 Å². The number of nitrogens with zero attached hydrogens (tertiary/aromatic N) is 1. The molecule has 2 aromatic rings. The van der Waals surface area contributed by atoms with Crippen molar-refractivity contribution in [3.63, 3.8) is 0 Å². The zero-order chi connectivity index (χ0) is 12.6. The van der Waals surface area contributed by atoms with E-state index in [4.69, 9.17) is 0 Å². The normalized spacial score (nSPS) is 16.4. The molecule has 3 rings (SSSR count). The number of carboxylic acids is 1. The Morgan fingerprint density at radius 3 is 2.50 bits per heavy atom. The molecule has 92 valence electrons. The zero-order valence-electron chi connectivity index (χ0n) is 9.80. The summed E-state index contributed by atoms with van der Waals surface area (Å²) in [5.74, 6) is -0.702. The summed E-state index contributed by atoms with van der Waals surface area (Å²) in [4.78, 5) is 16.8. The first kappa shape index (κ1) is 11.4. The summed E-state index contributed by atoms with van der Waals surface area (Å²) in [5.41, 5.74) is 3.41. The van der Waals surface area contributed by atoms with Gasteiger partial charge in [-0.15, -0.1) is 11.3 Å². The standard InChI is InChI=1S/C14H13NO2S/c16-13(17)14(7-12-8-15-9-18-12)5-10-3-1-2-4-11(10)6-14/h1-4,8-9H,5-7H2,(H,16,17). The highest BCUT2D eigenvalue weighted by Crippen LogP contribution is 2.40. The van der Waals surface area contributed by atoms with Crippen LogP contribution in [0.5, 0.6) is 0 Å². The first-order valence-electron chi connectivity index (χ1n) is 5.87. The first-order chi connectivity index (χ1) is 8.70. The number of carbonyl (C=O) groups is 1. The Morgan fingerprint density at radius 1 is 1.33 bits per heavy atom. The maximum absolute atomic E-state index is 11.7. The van der Waals surface area contributed by atoms with Gasteiger partial charge < -0.3 is 5.11 Å². The lowest BCUT2D eigenvalue weighted by Crippen LogP contribution is -2.34. The molecule has 0 spiro atoms. The minimum atomic E-state index is -0.702. The summed E-state index contributed by atoms with van der Waals surface area (Å²) < 4.78 is 0. The number of carboxylic acid groups (broad SMARTS) is 1. The van der Waals surface area contributed by atoms with Crippen LogP contribution in [-0.2, 0) is 24.1 Å². The van der Waals surface area contributed by atoms with Gasteiger partial charge in [0.15, 0.2) is 0 Å². The molecule has 0 saturated carbocycles. The second-order valence-electron chi connectivity index (χ2n) is 4.85. The van der Waals surface area contributed by atoms with Crippen molar-refractivity contribution in [2.24, 2.45) is 5.41 Å². The van der Waals surface area contributed by atoms with Gasteiger partial charge in [0.2, 0.25) is 0 Å². The van der Waals surface area contributed by atoms with Gasteiger partial charge in [-0.2, -0.15) is 0 Å². The molecule has 1 aliphatic rings. The third-order valence-corrected chi connectivity index (χ3v) is 4.41. The van der Waals surface area contributed by atoms with Crippen LogP contribution in [0.1, 0.15) is 16.0 Å². The van der Waals surface area contributed by atoms with Gasteiger partial charge in [-0.1, -0.05) is 24.3 Å². The van der Waals surface area contributed by atoms with Crippen molar-refractivity contribution >= 4 is 17.3 Å². The van der Waals surface area contributed by atoms with Crippen LogP contribution in [0.2, 0.25) is 0 Å². The molecule has 1 N–H and O–H groups in total. The molecule has 0 aliphatic heterocycles. The molecule has 0 amide bonds. The maximum Gasteiger partial charge on any atom is 0.310 e. The highest BCUT2D eigenvalue weighted by atomic mass is 32.1. The van der Waals surface area contributed by atoms with Crippen LogP contribution in [0.15, 0.2) is 36.0 Å². The maximum atomic E-state index is 11.7. The fourth-order valence-electron chi connectivity index (χ4n) is 2.71. The van der Waals surface area contributed by atoms with Crippen LogP contribution in [0, 0.1) is 5.41 Å². The molecule has 1 aliphatic carbocycles. The quantitative estimate of drug-likeness (QED) is 0.921. The third kappa shape index (κ3) is 1.82. The van der Waals surface area contributed by atoms with E-state index < -0.39 is 11.4 Å². The van der Waals surface area contributed by atoms with E-state index in [2.05, 4.69) is 4.98 Å². The van der Waals surface area contributed by atoms with Crippen LogP contribution in [0.4, 0.5) is 0 Å². The number of rotatable bonds is 3. The Kier molecular flexibility index (Phi) is 2.67. The summed E-state index contributed by atoms with van der Waals surface area (Å²) >= 11 is 1.53. The zero-order valence-corrected chi connectivity index (χ0v) is 10.6. The fraction of sp³-hybridized carbons (Fsp3) is 0.286. The number of benzene rings is 1. The van der Waals surface area contributed by atoms with Gasteiger partial charge in [-0.3, -0.25) is 9.78 Å². The smallest absolute Gasteiger partial charge is 0.310 e. The lowest BCUT2D eigenvalue weighted by Gasteiger charge is -2.22. The monoisotopic (exact) mass is 259 g/mol. The summed E-state index contributed by atoms with van der Waals surface area (Å²) in [6.07, 6.45) is 3.59. The van der Waals surface area contributed by atoms with Gasteiger partial charge >= 0.3 is 5.97 Å². The van der Waals surface area contributed by atoms with Gasteiger partial charge in [0.1, 0.15) is 0 Å². The van der Waals surface area contributed by atoms with Crippen molar-refractivity contribution in [1.29, 1.82) is 0 Å². The van der Waals surface area contributed by atoms with Crippen LogP contribution < -0.4 is 0 Å². The molecule has 0 saturated heterocycles.